The van der Waals surface area contributed by atoms with Crippen molar-refractivity contribution < 1.29 is 23.4 Å². The zero-order chi connectivity index (χ0) is 34.8. The Morgan fingerprint density at radius 2 is 1.72 bits per heavy atom. The molecule has 7 nitrogen and oxygen atoms in total. The fourth-order valence-corrected chi connectivity index (χ4v) is 7.66. The number of methoxy groups -OCH3 is 1. The number of halogens is 2. The third kappa shape index (κ3) is 6.39. The van der Waals surface area contributed by atoms with Gasteiger partial charge in [-0.1, -0.05) is 96.3 Å². The number of carbonyl (C=O) groups excluding carboxylic acids is 1. The van der Waals surface area contributed by atoms with E-state index < -0.39 is 17.8 Å². The van der Waals surface area contributed by atoms with Gasteiger partial charge in [-0.25, -0.2) is 14.2 Å². The van der Waals surface area contributed by atoms with E-state index in [9.17, 15) is 14.0 Å². The van der Waals surface area contributed by atoms with Crippen LogP contribution in [-0.4, -0.2) is 24.3 Å². The number of aromatic nitrogens is 1. The first kappa shape index (κ1) is 33.2. The highest BCUT2D eigenvalue weighted by atomic mass is 79.9. The van der Waals surface area contributed by atoms with Crippen LogP contribution in [0.2, 0.25) is 0 Å². The van der Waals surface area contributed by atoms with Crippen molar-refractivity contribution >= 4 is 55.8 Å². The summed E-state index contributed by atoms with van der Waals surface area (Å²) in [4.78, 5) is 33.2. The van der Waals surface area contributed by atoms with Gasteiger partial charge in [0.25, 0.3) is 5.56 Å². The van der Waals surface area contributed by atoms with Crippen molar-refractivity contribution in [1.82, 2.24) is 4.57 Å². The van der Waals surface area contributed by atoms with Gasteiger partial charge in [0.15, 0.2) is 16.3 Å². The van der Waals surface area contributed by atoms with Gasteiger partial charge in [-0.2, -0.15) is 0 Å². The Labute approximate surface area is 299 Å². The van der Waals surface area contributed by atoms with Gasteiger partial charge < -0.3 is 14.2 Å². The normalized spacial score (nSPS) is 14.3. The second-order valence-corrected chi connectivity index (χ2v) is 13.3. The van der Waals surface area contributed by atoms with Crippen LogP contribution in [0.25, 0.3) is 22.5 Å². The zero-order valence-electron chi connectivity index (χ0n) is 27.1. The maximum atomic E-state index is 14.3. The summed E-state index contributed by atoms with van der Waals surface area (Å²) in [6, 6.07) is 32.0. The fourth-order valence-electron chi connectivity index (χ4n) is 6.08. The smallest absolute Gasteiger partial charge is 0.338 e. The summed E-state index contributed by atoms with van der Waals surface area (Å²) in [5, 5.41) is 2.24. The third-order valence-electron chi connectivity index (χ3n) is 8.36. The molecule has 0 aliphatic carbocycles. The van der Waals surface area contributed by atoms with Crippen LogP contribution in [-0.2, 0) is 16.1 Å². The lowest BCUT2D eigenvalue weighted by Crippen LogP contribution is -2.40. The van der Waals surface area contributed by atoms with E-state index in [2.05, 4.69) is 34.1 Å². The van der Waals surface area contributed by atoms with E-state index >= 15 is 0 Å². The van der Waals surface area contributed by atoms with Crippen molar-refractivity contribution in [2.45, 2.75) is 19.6 Å². The molecule has 1 aliphatic heterocycles. The SMILES string of the molecule is CCOC(=O)C1=C(c2ccccc2)N=c2s/c(=C\c3cc(Br)c(OCc4cccc5ccccc45)c(OC)c3)c(=O)n2[C@H]1c1ccc(F)cc1. The van der Waals surface area contributed by atoms with Crippen molar-refractivity contribution in [3.8, 4) is 11.5 Å². The first-order valence-electron chi connectivity index (χ1n) is 15.9. The Morgan fingerprint density at radius 1 is 0.980 bits per heavy atom. The summed E-state index contributed by atoms with van der Waals surface area (Å²) in [6.07, 6.45) is 1.75. The minimum atomic E-state index is -0.908. The van der Waals surface area contributed by atoms with Gasteiger partial charge in [0, 0.05) is 5.56 Å². The second-order valence-electron chi connectivity index (χ2n) is 11.4. The lowest BCUT2D eigenvalue weighted by Gasteiger charge is -2.25. The van der Waals surface area contributed by atoms with Crippen LogP contribution in [0.4, 0.5) is 4.39 Å². The summed E-state index contributed by atoms with van der Waals surface area (Å²) >= 11 is 4.85. The molecule has 7 rings (SSSR count). The Morgan fingerprint density at radius 3 is 2.48 bits per heavy atom. The van der Waals surface area contributed by atoms with Crippen LogP contribution in [0.1, 0.15) is 35.2 Å². The number of benzene rings is 5. The fraction of sp³-hybridized carbons (Fsp3) is 0.125. The molecule has 0 saturated heterocycles. The summed E-state index contributed by atoms with van der Waals surface area (Å²) in [5.41, 5.74) is 3.18. The molecule has 1 atom stereocenters. The van der Waals surface area contributed by atoms with Crippen molar-refractivity contribution in [2.75, 3.05) is 13.7 Å². The van der Waals surface area contributed by atoms with Gasteiger partial charge in [-0.05, 0) is 80.7 Å². The molecule has 0 spiro atoms. The van der Waals surface area contributed by atoms with E-state index in [0.29, 0.717) is 54.3 Å². The molecule has 0 N–H and O–H groups in total. The Balaban J connectivity index is 1.33. The van der Waals surface area contributed by atoms with Gasteiger partial charge in [0.05, 0.1) is 40.0 Å². The molecule has 1 aliphatic rings. The first-order chi connectivity index (χ1) is 24.4. The van der Waals surface area contributed by atoms with Gasteiger partial charge >= 0.3 is 5.97 Å². The summed E-state index contributed by atoms with van der Waals surface area (Å²) < 4.78 is 34.1. The van der Waals surface area contributed by atoms with E-state index in [1.807, 2.05) is 60.7 Å². The van der Waals surface area contributed by atoms with E-state index in [0.717, 1.165) is 16.3 Å². The molecular formula is C40H30BrFN2O5S. The predicted molar refractivity (Wildman–Crippen MR) is 196 cm³/mol. The van der Waals surface area contributed by atoms with E-state index in [1.165, 1.54) is 28.0 Å². The highest BCUT2D eigenvalue weighted by Crippen LogP contribution is 2.38. The molecule has 0 saturated carbocycles. The Hall–Kier alpha value is -5.32. The Kier molecular flexibility index (Phi) is 9.47. The summed E-state index contributed by atoms with van der Waals surface area (Å²) in [7, 11) is 1.56. The minimum Gasteiger partial charge on any atom is -0.493 e. The van der Waals surface area contributed by atoms with Crippen molar-refractivity contribution in [3.63, 3.8) is 0 Å². The van der Waals surface area contributed by atoms with Gasteiger partial charge in [-0.3, -0.25) is 9.36 Å². The highest BCUT2D eigenvalue weighted by molar-refractivity contribution is 9.10. The molecule has 0 radical (unpaired) electrons. The largest absolute Gasteiger partial charge is 0.493 e. The standard InChI is InChI=1S/C40H30BrFN2O5S/c1-3-48-39(46)34-35(26-11-5-4-6-12-26)43-40-44(36(34)27-16-18-29(42)19-17-27)38(45)33(50-40)22-24-20-31(41)37(32(21-24)47-2)49-23-28-14-9-13-25-10-7-8-15-30(25)28/h4-22,36H,3,23H2,1-2H3/b33-22-/t36-/m0/s1. The highest BCUT2D eigenvalue weighted by Gasteiger charge is 2.35. The first-order valence-corrected chi connectivity index (χ1v) is 17.5. The number of fused-ring (bicyclic) bond motifs is 2. The number of hydrogen-bond acceptors (Lipinski definition) is 7. The second kappa shape index (κ2) is 14.3. The van der Waals surface area contributed by atoms with E-state index in [4.69, 9.17) is 19.2 Å². The van der Waals surface area contributed by atoms with Gasteiger partial charge in [0.1, 0.15) is 12.4 Å². The number of esters is 1. The van der Waals surface area contributed by atoms with Crippen LogP contribution in [0, 0.1) is 5.82 Å². The van der Waals surface area contributed by atoms with Crippen LogP contribution < -0.4 is 24.4 Å². The van der Waals surface area contributed by atoms with Crippen LogP contribution in [0.3, 0.4) is 0 Å². The van der Waals surface area contributed by atoms with Crippen LogP contribution in [0.15, 0.2) is 129 Å². The molecule has 6 aromatic rings. The molecule has 0 amide bonds. The van der Waals surface area contributed by atoms with Gasteiger partial charge in [-0.15, -0.1) is 0 Å². The molecule has 10 heteroatoms. The molecule has 0 fully saturated rings. The third-order valence-corrected chi connectivity index (χ3v) is 9.93. The average Bonchev–Trinajstić information content (AvgIpc) is 3.44. The minimum absolute atomic E-state index is 0.128. The maximum Gasteiger partial charge on any atom is 0.338 e. The lowest BCUT2D eigenvalue weighted by atomic mass is 9.93. The molecule has 250 valence electrons. The summed E-state index contributed by atoms with van der Waals surface area (Å²) in [6.45, 7) is 2.17. The predicted octanol–water partition coefficient (Wildman–Crippen LogP) is 7.58. The number of hydrogen-bond donors (Lipinski definition) is 0. The quantitative estimate of drug-likeness (QED) is 0.143. The van der Waals surface area contributed by atoms with Crippen molar-refractivity contribution in [1.29, 1.82) is 0 Å². The maximum absolute atomic E-state index is 14.3. The Bertz CT molecular complexity index is 2450. The molecule has 2 heterocycles. The number of ether oxygens (including phenoxy) is 3. The molecule has 0 unspecified atom stereocenters. The van der Waals surface area contributed by atoms with Crippen molar-refractivity contribution in [2.24, 2.45) is 4.99 Å². The monoisotopic (exact) mass is 748 g/mol. The average molecular weight is 750 g/mol. The van der Waals surface area contributed by atoms with Crippen molar-refractivity contribution in [3.05, 3.63) is 167 Å². The summed E-state index contributed by atoms with van der Waals surface area (Å²) in [5.74, 6) is -0.0256. The van der Waals surface area contributed by atoms with Crippen LogP contribution in [0.5, 0.6) is 11.5 Å². The molecule has 50 heavy (non-hydrogen) atoms. The zero-order valence-corrected chi connectivity index (χ0v) is 29.5. The number of rotatable bonds is 9. The van der Waals surface area contributed by atoms with E-state index in [1.54, 1.807) is 38.3 Å². The van der Waals surface area contributed by atoms with E-state index in [-0.39, 0.29) is 17.7 Å². The number of thiazole rings is 1. The lowest BCUT2D eigenvalue weighted by molar-refractivity contribution is -0.138. The molecule has 1 aromatic heterocycles. The van der Waals surface area contributed by atoms with Gasteiger partial charge in [0.2, 0.25) is 0 Å². The van der Waals surface area contributed by atoms with Crippen LogP contribution >= 0.6 is 27.3 Å². The molecule has 0 bridgehead atoms. The number of carbonyl (C=O) groups is 1. The number of nitrogens with zero attached hydrogens (tertiary/aromatic N) is 2. The molecule has 5 aromatic carbocycles. The molecular weight excluding hydrogens is 719 g/mol. The topological polar surface area (TPSA) is 79.1 Å².